The largest absolute Gasteiger partial charge is 0.512 e. The van der Waals surface area contributed by atoms with E-state index in [1.165, 1.54) is 0 Å². The number of hydrogen-bond donors (Lipinski definition) is 1. The lowest BCUT2D eigenvalue weighted by Crippen LogP contribution is -2.43. The Morgan fingerprint density at radius 3 is 2.03 bits per heavy atom. The predicted molar refractivity (Wildman–Crippen MR) is 129 cm³/mol. The molecule has 1 aromatic carbocycles. The van der Waals surface area contributed by atoms with Crippen LogP contribution in [0.3, 0.4) is 0 Å². The number of Topliss-reactive ketones (excluding diaryl/α,β-unsaturated/α-hetero) is 3. The second-order valence-electron chi connectivity index (χ2n) is 10.9. The van der Waals surface area contributed by atoms with E-state index in [1.807, 2.05) is 52.0 Å². The number of ketones is 3. The molecule has 174 valence electrons. The monoisotopic (exact) mass is 512 g/mol. The number of aliphatic hydroxyl groups excluding tert-OH is 1. The van der Waals surface area contributed by atoms with Crippen LogP contribution in [-0.2, 0) is 14.4 Å². The van der Waals surface area contributed by atoms with Crippen molar-refractivity contribution in [1.82, 2.24) is 0 Å². The standard InChI is InChI=1S/C27H29BrO5/c1-26(2)11-17(29)23(18(30)12-26)25(24-19(31)13-27(3,4)14-20(24)32)22-10-9-21(33-22)15-5-7-16(28)8-6-15/h5-10,23,25,31H,11-14H2,1-4H3/t25-/m1/s1. The highest BCUT2D eigenvalue weighted by molar-refractivity contribution is 9.10. The van der Waals surface area contributed by atoms with Gasteiger partial charge in [-0.1, -0.05) is 55.8 Å². The normalized spacial score (nSPS) is 22.0. The molecular weight excluding hydrogens is 484 g/mol. The topological polar surface area (TPSA) is 84.6 Å². The molecule has 6 heteroatoms. The number of carbonyl (C=O) groups excluding carboxylic acids is 3. The first kappa shape index (κ1) is 23.7. The summed E-state index contributed by atoms with van der Waals surface area (Å²) in [7, 11) is 0. The van der Waals surface area contributed by atoms with Crippen molar-refractivity contribution in [2.75, 3.05) is 0 Å². The molecule has 2 aliphatic carbocycles. The molecule has 1 saturated carbocycles. The average molecular weight is 513 g/mol. The van der Waals surface area contributed by atoms with Gasteiger partial charge in [-0.15, -0.1) is 0 Å². The van der Waals surface area contributed by atoms with Crippen molar-refractivity contribution in [2.45, 2.75) is 59.3 Å². The number of allylic oxidation sites excluding steroid dienone is 2. The van der Waals surface area contributed by atoms with Crippen LogP contribution in [0.15, 0.2) is 56.6 Å². The quantitative estimate of drug-likeness (QED) is 0.468. The number of halogens is 1. The van der Waals surface area contributed by atoms with E-state index >= 15 is 0 Å². The van der Waals surface area contributed by atoms with E-state index in [4.69, 9.17) is 4.42 Å². The molecule has 0 aliphatic heterocycles. The van der Waals surface area contributed by atoms with Gasteiger partial charge >= 0.3 is 0 Å². The molecule has 0 saturated heterocycles. The van der Waals surface area contributed by atoms with Gasteiger partial charge in [-0.25, -0.2) is 0 Å². The van der Waals surface area contributed by atoms with E-state index < -0.39 is 17.3 Å². The Morgan fingerprint density at radius 1 is 0.879 bits per heavy atom. The zero-order chi connectivity index (χ0) is 24.1. The Kier molecular flexibility index (Phi) is 6.02. The number of benzene rings is 1. The Balaban J connectivity index is 1.83. The zero-order valence-corrected chi connectivity index (χ0v) is 21.0. The molecule has 1 aromatic heterocycles. The average Bonchev–Trinajstić information content (AvgIpc) is 3.14. The van der Waals surface area contributed by atoms with Gasteiger partial charge in [0.25, 0.3) is 0 Å². The van der Waals surface area contributed by atoms with Crippen LogP contribution in [0, 0.1) is 16.7 Å². The molecule has 1 heterocycles. The first-order valence-corrected chi connectivity index (χ1v) is 12.0. The molecule has 1 atom stereocenters. The minimum atomic E-state index is -1.04. The number of rotatable bonds is 4. The van der Waals surface area contributed by atoms with Crippen LogP contribution in [0.4, 0.5) is 0 Å². The van der Waals surface area contributed by atoms with Crippen LogP contribution in [-0.4, -0.2) is 22.5 Å². The van der Waals surface area contributed by atoms with Crippen molar-refractivity contribution < 1.29 is 23.9 Å². The highest BCUT2D eigenvalue weighted by Gasteiger charge is 2.49. The minimum Gasteiger partial charge on any atom is -0.512 e. The summed E-state index contributed by atoms with van der Waals surface area (Å²) in [5, 5.41) is 11.0. The highest BCUT2D eigenvalue weighted by Crippen LogP contribution is 2.48. The molecule has 0 spiro atoms. The molecule has 0 unspecified atom stereocenters. The van der Waals surface area contributed by atoms with Crippen LogP contribution in [0.2, 0.25) is 0 Å². The molecule has 2 aliphatic rings. The number of aliphatic hydroxyl groups is 1. The Morgan fingerprint density at radius 2 is 1.45 bits per heavy atom. The fraction of sp³-hybridized carbons (Fsp3) is 0.444. The summed E-state index contributed by atoms with van der Waals surface area (Å²) in [6, 6.07) is 11.1. The molecule has 5 nitrogen and oxygen atoms in total. The van der Waals surface area contributed by atoms with E-state index in [9.17, 15) is 19.5 Å². The van der Waals surface area contributed by atoms with Crippen molar-refractivity contribution in [3.8, 4) is 11.3 Å². The Bertz CT molecular complexity index is 1130. The lowest BCUT2D eigenvalue weighted by Gasteiger charge is -2.38. The lowest BCUT2D eigenvalue weighted by atomic mass is 9.63. The highest BCUT2D eigenvalue weighted by atomic mass is 79.9. The second-order valence-corrected chi connectivity index (χ2v) is 11.8. The predicted octanol–water partition coefficient (Wildman–Crippen LogP) is 6.57. The summed E-state index contributed by atoms with van der Waals surface area (Å²) in [6.07, 6.45) is 1.04. The van der Waals surface area contributed by atoms with E-state index in [1.54, 1.807) is 12.1 Å². The van der Waals surface area contributed by atoms with Crippen molar-refractivity contribution in [1.29, 1.82) is 0 Å². The van der Waals surface area contributed by atoms with Crippen LogP contribution in [0.25, 0.3) is 11.3 Å². The van der Waals surface area contributed by atoms with E-state index in [2.05, 4.69) is 15.9 Å². The first-order chi connectivity index (χ1) is 15.4. The van der Waals surface area contributed by atoms with Gasteiger partial charge in [-0.2, -0.15) is 0 Å². The van der Waals surface area contributed by atoms with Crippen LogP contribution in [0.1, 0.15) is 65.1 Å². The van der Waals surface area contributed by atoms with Gasteiger partial charge in [0.15, 0.2) is 5.78 Å². The third-order valence-electron chi connectivity index (χ3n) is 6.60. The van der Waals surface area contributed by atoms with Gasteiger partial charge in [-0.05, 0) is 35.1 Å². The fourth-order valence-electron chi connectivity index (χ4n) is 5.19. The third kappa shape index (κ3) is 4.77. The maximum Gasteiger partial charge on any atom is 0.163 e. The molecule has 0 bridgehead atoms. The number of furan rings is 1. The van der Waals surface area contributed by atoms with E-state index in [0.29, 0.717) is 17.9 Å². The van der Waals surface area contributed by atoms with E-state index in [0.717, 1.165) is 10.0 Å². The summed E-state index contributed by atoms with van der Waals surface area (Å²) in [6.45, 7) is 7.64. The maximum atomic E-state index is 13.2. The SMILES string of the molecule is CC1(C)CC(=O)C([C@H](C2=C(O)CC(C)(C)CC2=O)c2ccc(-c3ccc(Br)cc3)o2)C(=O)C1. The summed E-state index contributed by atoms with van der Waals surface area (Å²) >= 11 is 3.42. The van der Waals surface area contributed by atoms with Crippen molar-refractivity contribution >= 4 is 33.3 Å². The molecule has 0 amide bonds. The van der Waals surface area contributed by atoms with Gasteiger partial charge in [0.05, 0.1) is 11.8 Å². The number of carbonyl (C=O) groups is 3. The number of hydrogen-bond acceptors (Lipinski definition) is 5. The third-order valence-corrected chi connectivity index (χ3v) is 7.13. The van der Waals surface area contributed by atoms with Gasteiger partial charge in [-0.3, -0.25) is 14.4 Å². The maximum absolute atomic E-state index is 13.2. The molecule has 33 heavy (non-hydrogen) atoms. The molecule has 1 N–H and O–H groups in total. The zero-order valence-electron chi connectivity index (χ0n) is 19.4. The lowest BCUT2D eigenvalue weighted by molar-refractivity contribution is -0.140. The van der Waals surface area contributed by atoms with E-state index in [-0.39, 0.29) is 53.4 Å². The summed E-state index contributed by atoms with van der Waals surface area (Å²) < 4.78 is 7.09. The second kappa shape index (κ2) is 8.39. The van der Waals surface area contributed by atoms with Crippen molar-refractivity contribution in [3.05, 3.63) is 58.0 Å². The van der Waals surface area contributed by atoms with Gasteiger partial charge in [0.2, 0.25) is 0 Å². The first-order valence-electron chi connectivity index (χ1n) is 11.2. The van der Waals surface area contributed by atoms with Crippen molar-refractivity contribution in [3.63, 3.8) is 0 Å². The molecule has 2 aromatic rings. The van der Waals surface area contributed by atoms with Gasteiger partial charge in [0.1, 0.15) is 28.8 Å². The summed E-state index contributed by atoms with van der Waals surface area (Å²) in [5.41, 5.74) is 0.178. The fourth-order valence-corrected chi connectivity index (χ4v) is 5.46. The molecule has 1 fully saturated rings. The molecule has 4 rings (SSSR count). The molecule has 0 radical (unpaired) electrons. The minimum absolute atomic E-state index is 0.0479. The van der Waals surface area contributed by atoms with Crippen molar-refractivity contribution in [2.24, 2.45) is 16.7 Å². The molecular formula is C27H29BrO5. The summed E-state index contributed by atoms with van der Waals surface area (Å²) in [5.74, 6) is -1.73. The smallest absolute Gasteiger partial charge is 0.163 e. The van der Waals surface area contributed by atoms with Gasteiger partial charge in [0, 0.05) is 41.3 Å². The Labute approximate surface area is 202 Å². The van der Waals surface area contributed by atoms with Crippen LogP contribution < -0.4 is 0 Å². The van der Waals surface area contributed by atoms with Crippen LogP contribution >= 0.6 is 15.9 Å². The summed E-state index contributed by atoms with van der Waals surface area (Å²) in [4.78, 5) is 39.7. The van der Waals surface area contributed by atoms with Gasteiger partial charge < -0.3 is 9.52 Å². The van der Waals surface area contributed by atoms with Crippen LogP contribution in [0.5, 0.6) is 0 Å². The Hall–Kier alpha value is -2.47.